The first-order valence-electron chi connectivity index (χ1n) is 5.13. The highest BCUT2D eigenvalue weighted by Gasteiger charge is 2.09. The van der Waals surface area contributed by atoms with Gasteiger partial charge in [-0.2, -0.15) is 0 Å². The number of rotatable bonds is 5. The molecule has 0 fully saturated rings. The van der Waals surface area contributed by atoms with Crippen LogP contribution in [0, 0.1) is 0 Å². The van der Waals surface area contributed by atoms with E-state index in [2.05, 4.69) is 32.2 Å². The Morgan fingerprint density at radius 3 is 2.64 bits per heavy atom. The standard InChI is InChI=1S/C11H19NOS/c1-4-9-5-6-11(14-9)10(13)7-12-8(2)3/h5-6,8,10,12-13H,4,7H2,1-3H3. The van der Waals surface area contributed by atoms with Crippen LogP contribution in [0.15, 0.2) is 12.1 Å². The molecule has 0 aliphatic rings. The number of nitrogens with one attached hydrogen (secondary N) is 1. The molecule has 0 radical (unpaired) electrons. The van der Waals surface area contributed by atoms with Crippen molar-refractivity contribution < 1.29 is 5.11 Å². The summed E-state index contributed by atoms with van der Waals surface area (Å²) in [5.41, 5.74) is 0. The van der Waals surface area contributed by atoms with Crippen molar-refractivity contribution in [2.45, 2.75) is 39.3 Å². The van der Waals surface area contributed by atoms with Gasteiger partial charge in [-0.25, -0.2) is 0 Å². The summed E-state index contributed by atoms with van der Waals surface area (Å²) in [5.74, 6) is 0. The molecule has 0 aromatic carbocycles. The third kappa shape index (κ3) is 3.40. The van der Waals surface area contributed by atoms with Crippen molar-refractivity contribution in [3.63, 3.8) is 0 Å². The highest BCUT2D eigenvalue weighted by Crippen LogP contribution is 2.23. The predicted octanol–water partition coefficient (Wildman–Crippen LogP) is 2.34. The van der Waals surface area contributed by atoms with Crippen molar-refractivity contribution >= 4 is 11.3 Å². The van der Waals surface area contributed by atoms with Crippen molar-refractivity contribution in [2.75, 3.05) is 6.54 Å². The molecule has 0 spiro atoms. The lowest BCUT2D eigenvalue weighted by atomic mass is 10.2. The van der Waals surface area contributed by atoms with Crippen LogP contribution in [0.25, 0.3) is 0 Å². The minimum atomic E-state index is -0.359. The predicted molar refractivity (Wildman–Crippen MR) is 61.8 cm³/mol. The number of aliphatic hydroxyl groups is 1. The molecule has 80 valence electrons. The summed E-state index contributed by atoms with van der Waals surface area (Å²) in [4.78, 5) is 2.40. The normalized spacial score (nSPS) is 13.5. The van der Waals surface area contributed by atoms with E-state index >= 15 is 0 Å². The first kappa shape index (κ1) is 11.7. The molecule has 1 rings (SSSR count). The van der Waals surface area contributed by atoms with E-state index < -0.39 is 0 Å². The third-order valence-electron chi connectivity index (χ3n) is 2.08. The molecule has 0 aliphatic carbocycles. The molecular weight excluding hydrogens is 194 g/mol. The van der Waals surface area contributed by atoms with Gasteiger partial charge in [-0.1, -0.05) is 20.8 Å². The van der Waals surface area contributed by atoms with E-state index in [1.807, 2.05) is 6.07 Å². The fourth-order valence-corrected chi connectivity index (χ4v) is 2.15. The Morgan fingerprint density at radius 2 is 2.14 bits per heavy atom. The maximum Gasteiger partial charge on any atom is 0.101 e. The molecule has 2 nitrogen and oxygen atoms in total. The van der Waals surface area contributed by atoms with Gasteiger partial charge < -0.3 is 10.4 Å². The van der Waals surface area contributed by atoms with Crippen LogP contribution in [-0.4, -0.2) is 17.7 Å². The minimum absolute atomic E-state index is 0.359. The summed E-state index contributed by atoms with van der Waals surface area (Å²) in [6.07, 6.45) is 0.692. The number of thiophene rings is 1. The Hall–Kier alpha value is -0.380. The number of hydrogen-bond donors (Lipinski definition) is 2. The number of aliphatic hydroxyl groups excluding tert-OH is 1. The highest BCUT2D eigenvalue weighted by molar-refractivity contribution is 7.12. The van der Waals surface area contributed by atoms with E-state index in [9.17, 15) is 5.11 Å². The van der Waals surface area contributed by atoms with E-state index in [4.69, 9.17) is 0 Å². The Bertz CT molecular complexity index is 270. The van der Waals surface area contributed by atoms with Crippen molar-refractivity contribution in [3.05, 3.63) is 21.9 Å². The smallest absolute Gasteiger partial charge is 0.101 e. The molecule has 0 saturated heterocycles. The monoisotopic (exact) mass is 213 g/mol. The van der Waals surface area contributed by atoms with E-state index in [0.717, 1.165) is 11.3 Å². The van der Waals surface area contributed by atoms with Crippen molar-refractivity contribution in [3.8, 4) is 0 Å². The van der Waals surface area contributed by atoms with Crippen LogP contribution < -0.4 is 5.32 Å². The molecule has 2 N–H and O–H groups in total. The fourth-order valence-electron chi connectivity index (χ4n) is 1.21. The van der Waals surface area contributed by atoms with E-state index in [0.29, 0.717) is 12.6 Å². The van der Waals surface area contributed by atoms with Gasteiger partial charge in [0, 0.05) is 22.3 Å². The zero-order chi connectivity index (χ0) is 10.6. The van der Waals surface area contributed by atoms with Gasteiger partial charge in [-0.15, -0.1) is 11.3 Å². The molecule has 14 heavy (non-hydrogen) atoms. The maximum atomic E-state index is 9.83. The van der Waals surface area contributed by atoms with Gasteiger partial charge in [0.25, 0.3) is 0 Å². The number of aryl methyl sites for hydroxylation is 1. The summed E-state index contributed by atoms with van der Waals surface area (Å²) in [6.45, 7) is 6.94. The van der Waals surface area contributed by atoms with Gasteiger partial charge in [0.15, 0.2) is 0 Å². The van der Waals surface area contributed by atoms with Gasteiger partial charge in [-0.05, 0) is 18.6 Å². The molecule has 1 unspecified atom stereocenters. The second-order valence-electron chi connectivity index (χ2n) is 3.74. The quantitative estimate of drug-likeness (QED) is 0.787. The molecule has 1 aromatic heterocycles. The molecule has 1 atom stereocenters. The first-order chi connectivity index (χ1) is 6.63. The van der Waals surface area contributed by atoms with Crippen LogP contribution in [0.1, 0.15) is 36.6 Å². The Labute approximate surface area is 90.0 Å². The molecule has 1 aromatic rings. The first-order valence-corrected chi connectivity index (χ1v) is 5.95. The Balaban J connectivity index is 2.47. The van der Waals surface area contributed by atoms with Crippen LogP contribution in [0.2, 0.25) is 0 Å². The zero-order valence-electron chi connectivity index (χ0n) is 9.08. The summed E-state index contributed by atoms with van der Waals surface area (Å²) in [7, 11) is 0. The third-order valence-corrected chi connectivity index (χ3v) is 3.41. The molecule has 0 saturated carbocycles. The highest BCUT2D eigenvalue weighted by atomic mass is 32.1. The summed E-state index contributed by atoms with van der Waals surface area (Å²) < 4.78 is 0. The van der Waals surface area contributed by atoms with E-state index in [-0.39, 0.29) is 6.10 Å². The summed E-state index contributed by atoms with van der Waals surface area (Å²) in [6, 6.07) is 4.55. The van der Waals surface area contributed by atoms with Crippen LogP contribution >= 0.6 is 11.3 Å². The second-order valence-corrected chi connectivity index (χ2v) is 4.94. The number of hydrogen-bond acceptors (Lipinski definition) is 3. The molecule has 0 aliphatic heterocycles. The Morgan fingerprint density at radius 1 is 1.43 bits per heavy atom. The second kappa shape index (κ2) is 5.49. The van der Waals surface area contributed by atoms with Crippen LogP contribution in [0.4, 0.5) is 0 Å². The lowest BCUT2D eigenvalue weighted by Crippen LogP contribution is -2.27. The summed E-state index contributed by atoms with van der Waals surface area (Å²) in [5, 5.41) is 13.1. The molecule has 0 bridgehead atoms. The lowest BCUT2D eigenvalue weighted by Gasteiger charge is -2.12. The SMILES string of the molecule is CCc1ccc(C(O)CNC(C)C)s1. The lowest BCUT2D eigenvalue weighted by molar-refractivity contribution is 0.175. The molecule has 0 amide bonds. The van der Waals surface area contributed by atoms with E-state index in [1.165, 1.54) is 4.88 Å². The van der Waals surface area contributed by atoms with Crippen molar-refractivity contribution in [1.29, 1.82) is 0 Å². The van der Waals surface area contributed by atoms with Gasteiger partial charge in [-0.3, -0.25) is 0 Å². The zero-order valence-corrected chi connectivity index (χ0v) is 9.90. The molecule has 3 heteroatoms. The van der Waals surface area contributed by atoms with Crippen molar-refractivity contribution in [2.24, 2.45) is 0 Å². The topological polar surface area (TPSA) is 32.3 Å². The van der Waals surface area contributed by atoms with Crippen LogP contribution in [0.5, 0.6) is 0 Å². The maximum absolute atomic E-state index is 9.83. The van der Waals surface area contributed by atoms with Crippen LogP contribution in [0.3, 0.4) is 0 Å². The molecular formula is C11H19NOS. The van der Waals surface area contributed by atoms with Gasteiger partial charge in [0.2, 0.25) is 0 Å². The van der Waals surface area contributed by atoms with Gasteiger partial charge in [0.05, 0.1) is 0 Å². The van der Waals surface area contributed by atoms with Crippen LogP contribution in [-0.2, 0) is 6.42 Å². The fraction of sp³-hybridized carbons (Fsp3) is 0.636. The van der Waals surface area contributed by atoms with Gasteiger partial charge >= 0.3 is 0 Å². The largest absolute Gasteiger partial charge is 0.386 e. The minimum Gasteiger partial charge on any atom is -0.386 e. The van der Waals surface area contributed by atoms with E-state index in [1.54, 1.807) is 11.3 Å². The average molecular weight is 213 g/mol. The average Bonchev–Trinajstić information content (AvgIpc) is 2.62. The Kier molecular flexibility index (Phi) is 4.58. The summed E-state index contributed by atoms with van der Waals surface area (Å²) >= 11 is 1.70. The van der Waals surface area contributed by atoms with Crippen molar-refractivity contribution in [1.82, 2.24) is 5.32 Å². The van der Waals surface area contributed by atoms with Gasteiger partial charge in [0.1, 0.15) is 6.10 Å². The molecule has 1 heterocycles.